The van der Waals surface area contributed by atoms with E-state index in [0.29, 0.717) is 12.8 Å². The summed E-state index contributed by atoms with van der Waals surface area (Å²) in [6.45, 7) is 3.79. The molecule has 0 bridgehead atoms. The molecule has 0 rings (SSSR count). The molecular formula is C39H60O5. The molecular weight excluding hydrogens is 548 g/mol. The van der Waals surface area contributed by atoms with E-state index in [0.717, 1.165) is 83.5 Å². The fourth-order valence-corrected chi connectivity index (χ4v) is 3.94. The largest absolute Gasteiger partial charge is 0.462 e. The third-order valence-electron chi connectivity index (χ3n) is 6.43. The summed E-state index contributed by atoms with van der Waals surface area (Å²) in [7, 11) is 0. The second kappa shape index (κ2) is 34.3. The molecule has 5 nitrogen and oxygen atoms in total. The summed E-state index contributed by atoms with van der Waals surface area (Å²) in [6.07, 6.45) is 47.5. The third kappa shape index (κ3) is 31.7. The van der Waals surface area contributed by atoms with Crippen LogP contribution >= 0.6 is 0 Å². The third-order valence-corrected chi connectivity index (χ3v) is 6.43. The number of hydrogen-bond donors (Lipinski definition) is 1. The van der Waals surface area contributed by atoms with Crippen LogP contribution < -0.4 is 0 Å². The van der Waals surface area contributed by atoms with Crippen LogP contribution in [0.5, 0.6) is 0 Å². The summed E-state index contributed by atoms with van der Waals surface area (Å²) >= 11 is 0. The van der Waals surface area contributed by atoms with Crippen molar-refractivity contribution in [2.45, 2.75) is 123 Å². The van der Waals surface area contributed by atoms with Crippen molar-refractivity contribution in [3.05, 3.63) is 97.2 Å². The van der Waals surface area contributed by atoms with Gasteiger partial charge in [-0.2, -0.15) is 0 Å². The molecule has 0 aromatic heterocycles. The molecule has 1 atom stereocenters. The summed E-state index contributed by atoms with van der Waals surface area (Å²) in [5, 5.41) is 9.50. The van der Waals surface area contributed by atoms with Gasteiger partial charge in [0.2, 0.25) is 0 Å². The highest BCUT2D eigenvalue weighted by molar-refractivity contribution is 5.70. The number of allylic oxidation sites excluding steroid dienone is 16. The van der Waals surface area contributed by atoms with E-state index in [2.05, 4.69) is 105 Å². The van der Waals surface area contributed by atoms with E-state index in [1.165, 1.54) is 0 Å². The molecule has 0 amide bonds. The fraction of sp³-hybridized carbons (Fsp3) is 0.538. The summed E-state index contributed by atoms with van der Waals surface area (Å²) in [5.41, 5.74) is 0. The first-order valence-corrected chi connectivity index (χ1v) is 16.8. The Morgan fingerprint density at radius 3 is 1.66 bits per heavy atom. The minimum atomic E-state index is -0.814. The molecule has 44 heavy (non-hydrogen) atoms. The molecule has 0 aliphatic rings. The molecule has 0 aliphatic carbocycles. The molecule has 0 saturated heterocycles. The quantitative estimate of drug-likeness (QED) is 0.0414. The van der Waals surface area contributed by atoms with E-state index in [1.54, 1.807) is 0 Å². The Labute approximate surface area is 268 Å². The minimum Gasteiger partial charge on any atom is -0.462 e. The lowest BCUT2D eigenvalue weighted by Gasteiger charge is -2.15. The maximum absolute atomic E-state index is 12.1. The molecule has 0 fully saturated rings. The normalized spacial score (nSPS) is 13.4. The first-order valence-electron chi connectivity index (χ1n) is 16.8. The molecule has 0 aromatic carbocycles. The molecule has 1 unspecified atom stereocenters. The Bertz CT molecular complexity index is 917. The van der Waals surface area contributed by atoms with Gasteiger partial charge in [0.25, 0.3) is 0 Å². The van der Waals surface area contributed by atoms with E-state index < -0.39 is 6.10 Å². The molecule has 0 aliphatic heterocycles. The molecule has 0 heterocycles. The van der Waals surface area contributed by atoms with E-state index in [-0.39, 0.29) is 31.6 Å². The van der Waals surface area contributed by atoms with Crippen LogP contribution in [0.1, 0.15) is 117 Å². The van der Waals surface area contributed by atoms with E-state index in [9.17, 15) is 14.7 Å². The number of ether oxygens (including phenoxy) is 2. The zero-order valence-corrected chi connectivity index (χ0v) is 27.6. The van der Waals surface area contributed by atoms with Gasteiger partial charge in [-0.25, -0.2) is 0 Å². The lowest BCUT2D eigenvalue weighted by molar-refractivity contribution is -0.161. The lowest BCUT2D eigenvalue weighted by Crippen LogP contribution is -2.28. The first-order chi connectivity index (χ1) is 21.6. The van der Waals surface area contributed by atoms with E-state index >= 15 is 0 Å². The maximum atomic E-state index is 12.1. The highest BCUT2D eigenvalue weighted by Gasteiger charge is 2.15. The Kier molecular flexibility index (Phi) is 31.8. The first kappa shape index (κ1) is 40.8. The van der Waals surface area contributed by atoms with Crippen LogP contribution in [0.15, 0.2) is 97.2 Å². The van der Waals surface area contributed by atoms with E-state index in [1.807, 2.05) is 6.08 Å². The minimum absolute atomic E-state index is 0.106. The van der Waals surface area contributed by atoms with Crippen LogP contribution in [0.4, 0.5) is 0 Å². The standard InChI is InChI=1S/C39H60O5/c1-3-5-7-9-11-13-15-17-18-19-20-22-24-26-28-30-32-34-39(42)44-37(35-40)36-43-38(41)33-31-29-27-25-23-21-16-14-12-10-8-6-4-2/h5-8,10-14,16-18,20,22,26,28,37,40H,3-4,9,15,19,21,23-25,27,29-36H2,1-2H3/b7-5+,8-6+,12-10+,13-11+,16-14+,18-17+,22-20+,28-26+. The van der Waals surface area contributed by atoms with Crippen LogP contribution in [-0.4, -0.2) is 36.4 Å². The predicted molar refractivity (Wildman–Crippen MR) is 186 cm³/mol. The Hall–Kier alpha value is -3.18. The zero-order chi connectivity index (χ0) is 32.2. The van der Waals surface area contributed by atoms with Gasteiger partial charge in [0.15, 0.2) is 6.10 Å². The van der Waals surface area contributed by atoms with Crippen molar-refractivity contribution in [3.8, 4) is 0 Å². The smallest absolute Gasteiger partial charge is 0.306 e. The van der Waals surface area contributed by atoms with Crippen molar-refractivity contribution >= 4 is 11.9 Å². The number of carbonyl (C=O) groups excluding carboxylic acids is 2. The fourth-order valence-electron chi connectivity index (χ4n) is 3.94. The number of aliphatic hydroxyl groups is 1. The van der Waals surface area contributed by atoms with Gasteiger partial charge in [-0.05, 0) is 70.6 Å². The van der Waals surface area contributed by atoms with Gasteiger partial charge in [-0.3, -0.25) is 9.59 Å². The molecule has 246 valence electrons. The number of hydrogen-bond acceptors (Lipinski definition) is 5. The predicted octanol–water partition coefficient (Wildman–Crippen LogP) is 10.2. The molecule has 5 heteroatoms. The number of carbonyl (C=O) groups is 2. The summed E-state index contributed by atoms with van der Waals surface area (Å²) in [5.74, 6) is -0.698. The second-order valence-corrected chi connectivity index (χ2v) is 10.5. The number of esters is 2. The van der Waals surface area contributed by atoms with Crippen LogP contribution in [-0.2, 0) is 19.1 Å². The topological polar surface area (TPSA) is 72.8 Å². The molecule has 0 aromatic rings. The number of aliphatic hydroxyl groups excluding tert-OH is 1. The Morgan fingerprint density at radius 2 is 1.05 bits per heavy atom. The summed E-state index contributed by atoms with van der Waals surface area (Å²) in [4.78, 5) is 24.1. The van der Waals surface area contributed by atoms with Crippen LogP contribution in [0.2, 0.25) is 0 Å². The summed E-state index contributed by atoms with van der Waals surface area (Å²) in [6, 6.07) is 0. The van der Waals surface area contributed by atoms with Gasteiger partial charge in [0.1, 0.15) is 6.61 Å². The van der Waals surface area contributed by atoms with Crippen molar-refractivity contribution in [3.63, 3.8) is 0 Å². The summed E-state index contributed by atoms with van der Waals surface area (Å²) < 4.78 is 10.5. The Balaban J connectivity index is 3.78. The molecule has 0 radical (unpaired) electrons. The lowest BCUT2D eigenvalue weighted by atomic mass is 10.1. The van der Waals surface area contributed by atoms with Gasteiger partial charge in [-0.1, -0.05) is 130 Å². The highest BCUT2D eigenvalue weighted by atomic mass is 16.6. The molecule has 0 spiro atoms. The molecule has 1 N–H and O–H groups in total. The van der Waals surface area contributed by atoms with Crippen LogP contribution in [0.3, 0.4) is 0 Å². The average molecular weight is 609 g/mol. The van der Waals surface area contributed by atoms with E-state index in [4.69, 9.17) is 9.47 Å². The van der Waals surface area contributed by atoms with Crippen molar-refractivity contribution in [2.75, 3.05) is 13.2 Å². The van der Waals surface area contributed by atoms with Gasteiger partial charge in [0, 0.05) is 12.8 Å². The number of rotatable bonds is 28. The van der Waals surface area contributed by atoms with Crippen LogP contribution in [0, 0.1) is 0 Å². The monoisotopic (exact) mass is 608 g/mol. The second-order valence-electron chi connectivity index (χ2n) is 10.5. The molecule has 0 saturated carbocycles. The van der Waals surface area contributed by atoms with Gasteiger partial charge < -0.3 is 14.6 Å². The average Bonchev–Trinajstić information content (AvgIpc) is 3.02. The van der Waals surface area contributed by atoms with Crippen molar-refractivity contribution in [2.24, 2.45) is 0 Å². The Morgan fingerprint density at radius 1 is 0.545 bits per heavy atom. The van der Waals surface area contributed by atoms with Gasteiger partial charge >= 0.3 is 11.9 Å². The number of unbranched alkanes of at least 4 members (excludes halogenated alkanes) is 6. The van der Waals surface area contributed by atoms with Crippen LogP contribution in [0.25, 0.3) is 0 Å². The highest BCUT2D eigenvalue weighted by Crippen LogP contribution is 2.09. The van der Waals surface area contributed by atoms with Crippen molar-refractivity contribution < 1.29 is 24.2 Å². The van der Waals surface area contributed by atoms with Crippen molar-refractivity contribution in [1.29, 1.82) is 0 Å². The van der Waals surface area contributed by atoms with Gasteiger partial charge in [-0.15, -0.1) is 0 Å². The maximum Gasteiger partial charge on any atom is 0.306 e. The zero-order valence-electron chi connectivity index (χ0n) is 27.6. The van der Waals surface area contributed by atoms with Gasteiger partial charge in [0.05, 0.1) is 6.61 Å². The SMILES string of the molecule is CC/C=C/C=C/C=C/CCCCCCCC(=O)OCC(CO)OC(=O)CCC/C=C/C/C=C/C/C=C/C/C=C/C/C=C/CC. The van der Waals surface area contributed by atoms with Crippen molar-refractivity contribution in [1.82, 2.24) is 0 Å².